The van der Waals surface area contributed by atoms with Crippen molar-refractivity contribution in [3.63, 3.8) is 0 Å². The molecule has 0 aliphatic heterocycles. The highest BCUT2D eigenvalue weighted by molar-refractivity contribution is 9.11. The number of rotatable bonds is 3. The van der Waals surface area contributed by atoms with Crippen LogP contribution in [0.15, 0.2) is 45.3 Å². The van der Waals surface area contributed by atoms with E-state index in [0.717, 1.165) is 10.0 Å². The van der Waals surface area contributed by atoms with E-state index in [9.17, 15) is 4.39 Å². The molecule has 0 fully saturated rings. The molecular formula is C14H12Br2FNO. The Hall–Kier alpha value is -0.910. The fourth-order valence-corrected chi connectivity index (χ4v) is 2.36. The first-order valence-corrected chi connectivity index (χ1v) is 7.24. The van der Waals surface area contributed by atoms with E-state index in [2.05, 4.69) is 31.9 Å². The summed E-state index contributed by atoms with van der Waals surface area (Å²) in [5, 5.41) is 0. The second-order valence-electron chi connectivity index (χ2n) is 4.16. The molecule has 1 unspecified atom stereocenters. The highest BCUT2D eigenvalue weighted by atomic mass is 79.9. The Labute approximate surface area is 128 Å². The van der Waals surface area contributed by atoms with Crippen LogP contribution in [0.4, 0.5) is 4.39 Å². The molecule has 0 saturated carbocycles. The van der Waals surface area contributed by atoms with Crippen molar-refractivity contribution in [2.75, 3.05) is 0 Å². The van der Waals surface area contributed by atoms with E-state index >= 15 is 0 Å². The van der Waals surface area contributed by atoms with Gasteiger partial charge >= 0.3 is 0 Å². The van der Waals surface area contributed by atoms with Gasteiger partial charge in [0.1, 0.15) is 17.3 Å². The van der Waals surface area contributed by atoms with E-state index in [1.54, 1.807) is 12.1 Å². The Morgan fingerprint density at radius 3 is 2.42 bits per heavy atom. The Bertz CT molecular complexity index is 602. The van der Waals surface area contributed by atoms with E-state index in [4.69, 9.17) is 10.5 Å². The summed E-state index contributed by atoms with van der Waals surface area (Å²) in [4.78, 5) is 0. The van der Waals surface area contributed by atoms with Crippen molar-refractivity contribution in [3.05, 3.63) is 56.7 Å². The molecule has 0 bridgehead atoms. The van der Waals surface area contributed by atoms with Crippen LogP contribution in [0.5, 0.6) is 11.5 Å². The summed E-state index contributed by atoms with van der Waals surface area (Å²) in [5.41, 5.74) is 6.81. The van der Waals surface area contributed by atoms with Crippen LogP contribution in [0.3, 0.4) is 0 Å². The number of ether oxygens (including phenoxy) is 1. The lowest BCUT2D eigenvalue weighted by Gasteiger charge is -2.12. The van der Waals surface area contributed by atoms with Gasteiger partial charge in [-0.2, -0.15) is 0 Å². The molecule has 100 valence electrons. The molecule has 1 atom stereocenters. The molecule has 0 heterocycles. The fourth-order valence-electron chi connectivity index (χ4n) is 1.56. The van der Waals surface area contributed by atoms with Crippen LogP contribution in [0.2, 0.25) is 0 Å². The minimum absolute atomic E-state index is 0.0498. The van der Waals surface area contributed by atoms with Crippen LogP contribution < -0.4 is 10.5 Å². The van der Waals surface area contributed by atoms with Gasteiger partial charge < -0.3 is 10.5 Å². The van der Waals surface area contributed by atoms with Gasteiger partial charge in [0.25, 0.3) is 0 Å². The third-order valence-electron chi connectivity index (χ3n) is 2.59. The van der Waals surface area contributed by atoms with Crippen LogP contribution in [-0.4, -0.2) is 0 Å². The summed E-state index contributed by atoms with van der Waals surface area (Å²) in [6.07, 6.45) is 0. The maximum atomic E-state index is 13.2. The molecule has 0 aliphatic rings. The van der Waals surface area contributed by atoms with Gasteiger partial charge in [-0.3, -0.25) is 0 Å². The summed E-state index contributed by atoms with van der Waals surface area (Å²) in [6.45, 7) is 1.91. The molecule has 0 aromatic heterocycles. The molecule has 0 amide bonds. The molecule has 0 radical (unpaired) electrons. The maximum absolute atomic E-state index is 13.2. The number of benzene rings is 2. The Morgan fingerprint density at radius 1 is 1.05 bits per heavy atom. The smallest absolute Gasteiger partial charge is 0.144 e. The highest BCUT2D eigenvalue weighted by Gasteiger charge is 2.09. The van der Waals surface area contributed by atoms with Gasteiger partial charge in [-0.1, -0.05) is 6.07 Å². The first-order valence-electron chi connectivity index (χ1n) is 5.65. The average molecular weight is 389 g/mol. The normalized spacial score (nSPS) is 12.3. The zero-order valence-corrected chi connectivity index (χ0v) is 13.3. The van der Waals surface area contributed by atoms with E-state index in [1.807, 2.05) is 19.1 Å². The van der Waals surface area contributed by atoms with Crippen molar-refractivity contribution < 1.29 is 9.13 Å². The van der Waals surface area contributed by atoms with Crippen LogP contribution in [0, 0.1) is 5.82 Å². The van der Waals surface area contributed by atoms with Gasteiger partial charge in [0.05, 0.1) is 8.95 Å². The van der Waals surface area contributed by atoms with Gasteiger partial charge in [0.2, 0.25) is 0 Å². The van der Waals surface area contributed by atoms with Gasteiger partial charge in [-0.25, -0.2) is 4.39 Å². The van der Waals surface area contributed by atoms with E-state index in [0.29, 0.717) is 16.0 Å². The zero-order valence-electron chi connectivity index (χ0n) is 10.2. The van der Waals surface area contributed by atoms with E-state index < -0.39 is 0 Å². The zero-order chi connectivity index (χ0) is 14.0. The standard InChI is InChI=1S/C14H12Br2FNO/c1-8(18)9-2-5-13(12(16)6-9)19-14-7-10(17)3-4-11(14)15/h2-8H,18H2,1H3. The SMILES string of the molecule is CC(N)c1ccc(Oc2cc(F)ccc2Br)c(Br)c1. The van der Waals surface area contributed by atoms with Crippen LogP contribution in [0.1, 0.15) is 18.5 Å². The molecular weight excluding hydrogens is 377 g/mol. The number of hydrogen-bond donors (Lipinski definition) is 1. The van der Waals surface area contributed by atoms with Crippen molar-refractivity contribution in [1.29, 1.82) is 0 Å². The topological polar surface area (TPSA) is 35.2 Å². The number of hydrogen-bond acceptors (Lipinski definition) is 2. The number of halogens is 3. The van der Waals surface area contributed by atoms with Gasteiger partial charge in [0.15, 0.2) is 0 Å². The average Bonchev–Trinajstić information content (AvgIpc) is 2.36. The molecule has 0 aliphatic carbocycles. The van der Waals surface area contributed by atoms with Crippen molar-refractivity contribution in [1.82, 2.24) is 0 Å². The molecule has 2 aromatic rings. The van der Waals surface area contributed by atoms with Crippen molar-refractivity contribution in [2.45, 2.75) is 13.0 Å². The van der Waals surface area contributed by atoms with Crippen LogP contribution >= 0.6 is 31.9 Å². The maximum Gasteiger partial charge on any atom is 0.144 e. The highest BCUT2D eigenvalue weighted by Crippen LogP contribution is 2.35. The van der Waals surface area contributed by atoms with Crippen molar-refractivity contribution in [3.8, 4) is 11.5 Å². The Morgan fingerprint density at radius 2 is 1.79 bits per heavy atom. The van der Waals surface area contributed by atoms with Crippen molar-refractivity contribution in [2.24, 2.45) is 5.73 Å². The first-order chi connectivity index (χ1) is 8.97. The first kappa shape index (κ1) is 14.5. The Kier molecular flexibility index (Phi) is 4.60. The summed E-state index contributed by atoms with van der Waals surface area (Å²) < 4.78 is 20.3. The largest absolute Gasteiger partial charge is 0.455 e. The van der Waals surface area contributed by atoms with E-state index in [1.165, 1.54) is 12.1 Å². The molecule has 0 spiro atoms. The molecule has 0 saturated heterocycles. The predicted molar refractivity (Wildman–Crippen MR) is 80.9 cm³/mol. The van der Waals surface area contributed by atoms with Crippen LogP contribution in [0.25, 0.3) is 0 Å². The van der Waals surface area contributed by atoms with Gasteiger partial charge in [-0.05, 0) is 68.6 Å². The Balaban J connectivity index is 2.31. The predicted octanol–water partition coefficient (Wildman–Crippen LogP) is 5.16. The fraction of sp³-hybridized carbons (Fsp3) is 0.143. The third-order valence-corrected chi connectivity index (χ3v) is 3.87. The monoisotopic (exact) mass is 387 g/mol. The van der Waals surface area contributed by atoms with E-state index in [-0.39, 0.29) is 11.9 Å². The minimum atomic E-state index is -0.346. The second-order valence-corrected chi connectivity index (χ2v) is 5.86. The lowest BCUT2D eigenvalue weighted by Crippen LogP contribution is -2.04. The summed E-state index contributed by atoms with van der Waals surface area (Å²) >= 11 is 6.75. The molecule has 2 nitrogen and oxygen atoms in total. The summed E-state index contributed by atoms with van der Waals surface area (Å²) in [7, 11) is 0. The molecule has 2 rings (SSSR count). The molecule has 19 heavy (non-hydrogen) atoms. The van der Waals surface area contributed by atoms with Crippen LogP contribution in [-0.2, 0) is 0 Å². The molecule has 5 heteroatoms. The second kappa shape index (κ2) is 6.03. The third kappa shape index (κ3) is 3.55. The lowest BCUT2D eigenvalue weighted by atomic mass is 10.1. The summed E-state index contributed by atoms with van der Waals surface area (Å²) in [6, 6.07) is 9.84. The van der Waals surface area contributed by atoms with Gasteiger partial charge in [0, 0.05) is 12.1 Å². The molecule has 2 N–H and O–H groups in total. The lowest BCUT2D eigenvalue weighted by molar-refractivity contribution is 0.470. The minimum Gasteiger partial charge on any atom is -0.455 e. The summed E-state index contributed by atoms with van der Waals surface area (Å²) in [5.74, 6) is 0.687. The van der Waals surface area contributed by atoms with Gasteiger partial charge in [-0.15, -0.1) is 0 Å². The molecule has 2 aromatic carbocycles. The number of nitrogens with two attached hydrogens (primary N) is 1. The van der Waals surface area contributed by atoms with Crippen molar-refractivity contribution >= 4 is 31.9 Å². The quantitative estimate of drug-likeness (QED) is 0.787.